The molecule has 30 heavy (non-hydrogen) atoms. The lowest BCUT2D eigenvalue weighted by Crippen LogP contribution is -2.47. The SMILES string of the molecule is CCNC(=NCC1(CN2CCOCC2)CCCCC1)NCCOCC1CCCO1.I. The zero-order valence-corrected chi connectivity index (χ0v) is 21.2. The van der Waals surface area contributed by atoms with Gasteiger partial charge in [0.2, 0.25) is 0 Å². The Bertz CT molecular complexity index is 477. The number of aliphatic imine (C=N–C) groups is 1. The summed E-state index contributed by atoms with van der Waals surface area (Å²) < 4.78 is 16.9. The largest absolute Gasteiger partial charge is 0.379 e. The fraction of sp³-hybridized carbons (Fsp3) is 0.955. The molecule has 1 saturated carbocycles. The number of morpholine rings is 1. The summed E-state index contributed by atoms with van der Waals surface area (Å²) in [6.45, 7) is 12.0. The molecule has 0 amide bonds. The highest BCUT2D eigenvalue weighted by molar-refractivity contribution is 14.0. The van der Waals surface area contributed by atoms with Crippen molar-refractivity contribution < 1.29 is 14.2 Å². The van der Waals surface area contributed by atoms with Crippen molar-refractivity contribution in [2.24, 2.45) is 10.4 Å². The van der Waals surface area contributed by atoms with Gasteiger partial charge in [0, 0.05) is 51.3 Å². The van der Waals surface area contributed by atoms with Crippen LogP contribution in [0.2, 0.25) is 0 Å². The number of nitrogens with zero attached hydrogens (tertiary/aromatic N) is 2. The van der Waals surface area contributed by atoms with Crippen LogP contribution in [-0.4, -0.2) is 89.3 Å². The number of guanidine groups is 1. The highest BCUT2D eigenvalue weighted by atomic mass is 127. The summed E-state index contributed by atoms with van der Waals surface area (Å²) in [7, 11) is 0. The van der Waals surface area contributed by atoms with Crippen molar-refractivity contribution in [3.05, 3.63) is 0 Å². The molecule has 2 saturated heterocycles. The molecule has 1 atom stereocenters. The summed E-state index contributed by atoms with van der Waals surface area (Å²) in [6, 6.07) is 0. The van der Waals surface area contributed by atoms with Gasteiger partial charge >= 0.3 is 0 Å². The van der Waals surface area contributed by atoms with E-state index in [4.69, 9.17) is 19.2 Å². The third-order valence-electron chi connectivity index (χ3n) is 6.36. The zero-order chi connectivity index (χ0) is 20.2. The summed E-state index contributed by atoms with van der Waals surface area (Å²) in [6.07, 6.45) is 9.20. The van der Waals surface area contributed by atoms with Gasteiger partial charge in [0.15, 0.2) is 5.96 Å². The van der Waals surface area contributed by atoms with E-state index in [1.807, 2.05) is 0 Å². The van der Waals surface area contributed by atoms with Gasteiger partial charge in [-0.05, 0) is 32.6 Å². The zero-order valence-electron chi connectivity index (χ0n) is 18.8. The second-order valence-electron chi connectivity index (χ2n) is 8.78. The Balaban J connectivity index is 0.00000320. The molecule has 0 aromatic carbocycles. The van der Waals surface area contributed by atoms with E-state index in [1.165, 1.54) is 32.1 Å². The molecule has 3 aliphatic rings. The summed E-state index contributed by atoms with van der Waals surface area (Å²) in [4.78, 5) is 7.59. The Kier molecular flexibility index (Phi) is 12.9. The van der Waals surface area contributed by atoms with Gasteiger partial charge in [0.1, 0.15) is 0 Å². The molecule has 2 aliphatic heterocycles. The molecular weight excluding hydrogens is 495 g/mol. The summed E-state index contributed by atoms with van der Waals surface area (Å²) in [5.74, 6) is 0.917. The van der Waals surface area contributed by atoms with E-state index in [0.29, 0.717) is 24.7 Å². The van der Waals surface area contributed by atoms with Crippen LogP contribution >= 0.6 is 24.0 Å². The van der Waals surface area contributed by atoms with Crippen LogP contribution in [0.5, 0.6) is 0 Å². The van der Waals surface area contributed by atoms with Crippen molar-refractivity contribution in [3.63, 3.8) is 0 Å². The maximum atomic E-state index is 5.77. The number of halogens is 1. The number of rotatable bonds is 10. The Morgan fingerprint density at radius 1 is 1.10 bits per heavy atom. The van der Waals surface area contributed by atoms with E-state index in [-0.39, 0.29) is 24.0 Å². The van der Waals surface area contributed by atoms with Crippen molar-refractivity contribution >= 4 is 29.9 Å². The van der Waals surface area contributed by atoms with Crippen LogP contribution in [0.15, 0.2) is 4.99 Å². The number of nitrogens with one attached hydrogen (secondary N) is 2. The molecule has 0 radical (unpaired) electrons. The van der Waals surface area contributed by atoms with Crippen molar-refractivity contribution in [2.75, 3.05) is 72.3 Å². The lowest BCUT2D eigenvalue weighted by molar-refractivity contribution is 0.00935. The lowest BCUT2D eigenvalue weighted by atomic mass is 9.73. The molecule has 3 rings (SSSR count). The van der Waals surface area contributed by atoms with Crippen molar-refractivity contribution in [2.45, 2.75) is 58.0 Å². The van der Waals surface area contributed by atoms with E-state index >= 15 is 0 Å². The predicted molar refractivity (Wildman–Crippen MR) is 132 cm³/mol. The Morgan fingerprint density at radius 2 is 1.90 bits per heavy atom. The van der Waals surface area contributed by atoms with Gasteiger partial charge < -0.3 is 24.8 Å². The topological polar surface area (TPSA) is 67.4 Å². The highest BCUT2D eigenvalue weighted by Gasteiger charge is 2.34. The summed E-state index contributed by atoms with van der Waals surface area (Å²) >= 11 is 0. The first kappa shape index (κ1) is 26.1. The van der Waals surface area contributed by atoms with Crippen molar-refractivity contribution in [1.29, 1.82) is 0 Å². The first-order chi connectivity index (χ1) is 14.3. The molecule has 176 valence electrons. The second kappa shape index (κ2) is 14.8. The van der Waals surface area contributed by atoms with Crippen molar-refractivity contribution in [3.8, 4) is 0 Å². The van der Waals surface area contributed by atoms with Gasteiger partial charge in [-0.25, -0.2) is 0 Å². The monoisotopic (exact) mass is 538 g/mol. The van der Waals surface area contributed by atoms with Gasteiger partial charge in [0.05, 0.1) is 32.5 Å². The van der Waals surface area contributed by atoms with Crippen LogP contribution in [0.4, 0.5) is 0 Å². The minimum Gasteiger partial charge on any atom is -0.379 e. The Hall–Kier alpha value is -0.160. The minimum absolute atomic E-state index is 0. The third-order valence-corrected chi connectivity index (χ3v) is 6.36. The van der Waals surface area contributed by atoms with Gasteiger partial charge in [-0.15, -0.1) is 24.0 Å². The number of hydrogen-bond acceptors (Lipinski definition) is 5. The van der Waals surface area contributed by atoms with Crippen LogP contribution < -0.4 is 10.6 Å². The quantitative estimate of drug-likeness (QED) is 0.193. The molecular formula is C22H43IN4O3. The van der Waals surface area contributed by atoms with E-state index in [0.717, 1.165) is 77.9 Å². The molecule has 0 spiro atoms. The molecule has 2 heterocycles. The number of ether oxygens (including phenoxy) is 3. The fourth-order valence-corrected chi connectivity index (χ4v) is 4.72. The molecule has 0 bridgehead atoms. The molecule has 1 unspecified atom stereocenters. The van der Waals surface area contributed by atoms with Crippen LogP contribution in [0.25, 0.3) is 0 Å². The second-order valence-corrected chi connectivity index (χ2v) is 8.78. The smallest absolute Gasteiger partial charge is 0.191 e. The molecule has 7 nitrogen and oxygen atoms in total. The van der Waals surface area contributed by atoms with Gasteiger partial charge in [-0.3, -0.25) is 9.89 Å². The van der Waals surface area contributed by atoms with Gasteiger partial charge in [-0.2, -0.15) is 0 Å². The van der Waals surface area contributed by atoms with E-state index in [9.17, 15) is 0 Å². The molecule has 8 heteroatoms. The summed E-state index contributed by atoms with van der Waals surface area (Å²) in [5, 5.41) is 6.85. The average molecular weight is 539 g/mol. The fourth-order valence-electron chi connectivity index (χ4n) is 4.72. The van der Waals surface area contributed by atoms with E-state index in [2.05, 4.69) is 22.5 Å². The van der Waals surface area contributed by atoms with Gasteiger partial charge in [0.25, 0.3) is 0 Å². The molecule has 1 aliphatic carbocycles. The first-order valence-corrected chi connectivity index (χ1v) is 11.8. The predicted octanol–water partition coefficient (Wildman–Crippen LogP) is 2.64. The first-order valence-electron chi connectivity index (χ1n) is 11.8. The summed E-state index contributed by atoms with van der Waals surface area (Å²) in [5.41, 5.74) is 0.314. The number of hydrogen-bond donors (Lipinski definition) is 2. The van der Waals surface area contributed by atoms with E-state index < -0.39 is 0 Å². The highest BCUT2D eigenvalue weighted by Crippen LogP contribution is 2.37. The van der Waals surface area contributed by atoms with Gasteiger partial charge in [-0.1, -0.05) is 19.3 Å². The average Bonchev–Trinajstić information content (AvgIpc) is 3.27. The third kappa shape index (κ3) is 9.14. The van der Waals surface area contributed by atoms with Crippen LogP contribution in [0, 0.1) is 5.41 Å². The van der Waals surface area contributed by atoms with Crippen LogP contribution in [0.1, 0.15) is 51.9 Å². The maximum Gasteiger partial charge on any atom is 0.191 e. The molecule has 3 fully saturated rings. The molecule has 0 aromatic heterocycles. The Labute approximate surface area is 200 Å². The van der Waals surface area contributed by atoms with Crippen LogP contribution in [0.3, 0.4) is 0 Å². The lowest BCUT2D eigenvalue weighted by Gasteiger charge is -2.41. The normalized spacial score (nSPS) is 25.0. The maximum absolute atomic E-state index is 5.77. The van der Waals surface area contributed by atoms with Crippen molar-refractivity contribution in [1.82, 2.24) is 15.5 Å². The van der Waals surface area contributed by atoms with Crippen LogP contribution in [-0.2, 0) is 14.2 Å². The minimum atomic E-state index is 0. The Morgan fingerprint density at radius 3 is 2.60 bits per heavy atom. The van der Waals surface area contributed by atoms with E-state index in [1.54, 1.807) is 0 Å². The standard InChI is InChI=1S/C22H42N4O3.HI/c1-2-23-21(24-10-14-28-17-20-7-6-13-29-20)25-18-22(8-4-3-5-9-22)19-26-11-15-27-16-12-26;/h20H,2-19H2,1H3,(H2,23,24,25);1H. The molecule has 0 aromatic rings. The molecule has 2 N–H and O–H groups in total.